The average molecular weight is 396 g/mol. The number of rotatable bonds is 13. The van der Waals surface area contributed by atoms with Gasteiger partial charge in [0, 0.05) is 51.2 Å². The van der Waals surface area contributed by atoms with Gasteiger partial charge in [-0.1, -0.05) is 47.0 Å². The van der Waals surface area contributed by atoms with E-state index < -0.39 is 0 Å². The van der Waals surface area contributed by atoms with E-state index in [4.69, 9.17) is 4.74 Å². The number of carbonyl (C=O) groups excluding carboxylic acids is 1. The van der Waals surface area contributed by atoms with Crippen molar-refractivity contribution < 1.29 is 9.53 Å². The monoisotopic (exact) mass is 395 g/mol. The van der Waals surface area contributed by atoms with Gasteiger partial charge in [-0.2, -0.15) is 0 Å². The number of carbonyl (C=O) groups is 1. The number of nitrogens with one attached hydrogen (secondary N) is 1. The first-order valence-corrected chi connectivity index (χ1v) is 11.9. The van der Waals surface area contributed by atoms with Gasteiger partial charge in [-0.25, -0.2) is 0 Å². The van der Waals surface area contributed by atoms with E-state index in [-0.39, 0.29) is 11.8 Å². The Morgan fingerprint density at radius 2 is 1.71 bits per heavy atom. The summed E-state index contributed by atoms with van der Waals surface area (Å²) >= 11 is 0. The van der Waals surface area contributed by atoms with E-state index in [0.717, 1.165) is 51.2 Å². The molecule has 1 aliphatic carbocycles. The number of hydrogen-bond acceptors (Lipinski definition) is 4. The molecule has 28 heavy (non-hydrogen) atoms. The van der Waals surface area contributed by atoms with Crippen LogP contribution in [0.3, 0.4) is 0 Å². The third-order valence-electron chi connectivity index (χ3n) is 6.46. The van der Waals surface area contributed by atoms with Crippen LogP contribution < -0.4 is 5.32 Å². The van der Waals surface area contributed by atoms with Crippen LogP contribution in [0.2, 0.25) is 0 Å². The summed E-state index contributed by atoms with van der Waals surface area (Å²) in [5, 5.41) is 3.19. The highest BCUT2D eigenvalue weighted by Gasteiger charge is 2.32. The molecule has 1 amide bonds. The average Bonchev–Trinajstić information content (AvgIpc) is 2.65. The van der Waals surface area contributed by atoms with Crippen LogP contribution in [0.15, 0.2) is 0 Å². The number of piperazine rings is 1. The molecule has 0 aromatic carbocycles. The van der Waals surface area contributed by atoms with E-state index in [0.29, 0.717) is 12.1 Å². The minimum Gasteiger partial charge on any atom is -0.377 e. The largest absolute Gasteiger partial charge is 0.377 e. The second kappa shape index (κ2) is 12.8. The van der Waals surface area contributed by atoms with Gasteiger partial charge in [-0.05, 0) is 31.6 Å². The van der Waals surface area contributed by atoms with E-state index in [1.807, 2.05) is 6.92 Å². The second-order valence-corrected chi connectivity index (χ2v) is 9.25. The van der Waals surface area contributed by atoms with Gasteiger partial charge in [0.2, 0.25) is 5.91 Å². The maximum absolute atomic E-state index is 12.1. The van der Waals surface area contributed by atoms with Crippen molar-refractivity contribution in [2.45, 2.75) is 84.8 Å². The lowest BCUT2D eigenvalue weighted by atomic mass is 9.88. The van der Waals surface area contributed by atoms with Gasteiger partial charge in [0.15, 0.2) is 0 Å². The predicted octanol–water partition coefficient (Wildman–Crippen LogP) is 3.53. The number of amides is 1. The van der Waals surface area contributed by atoms with Crippen molar-refractivity contribution in [1.82, 2.24) is 15.1 Å². The molecule has 1 saturated heterocycles. The van der Waals surface area contributed by atoms with Gasteiger partial charge in [-0.3, -0.25) is 9.69 Å². The first-order chi connectivity index (χ1) is 13.5. The summed E-state index contributed by atoms with van der Waals surface area (Å²) in [4.78, 5) is 17.3. The number of unbranched alkanes of at least 4 members (excludes halogenated alkanes) is 1. The van der Waals surface area contributed by atoms with Gasteiger partial charge < -0.3 is 15.0 Å². The van der Waals surface area contributed by atoms with Crippen LogP contribution in [0.25, 0.3) is 0 Å². The standard InChI is InChI=1S/C23H45N3O2/c1-5-7-9-20(4)23(27)24-21-16-22(17-21)28-15-14-25-10-12-26(13-11-25)18-19(3)8-6-2/h19-22H,5-18H2,1-4H3,(H,24,27). The number of ether oxygens (including phenoxy) is 1. The molecule has 2 atom stereocenters. The second-order valence-electron chi connectivity index (χ2n) is 9.25. The topological polar surface area (TPSA) is 44.8 Å². The Morgan fingerprint density at radius 3 is 2.36 bits per heavy atom. The van der Waals surface area contributed by atoms with Crippen molar-refractivity contribution in [2.75, 3.05) is 45.9 Å². The molecule has 2 fully saturated rings. The van der Waals surface area contributed by atoms with E-state index in [2.05, 4.69) is 35.9 Å². The smallest absolute Gasteiger partial charge is 0.223 e. The maximum Gasteiger partial charge on any atom is 0.223 e. The van der Waals surface area contributed by atoms with Crippen molar-refractivity contribution in [2.24, 2.45) is 11.8 Å². The van der Waals surface area contributed by atoms with Gasteiger partial charge in [-0.15, -0.1) is 0 Å². The van der Waals surface area contributed by atoms with Crippen molar-refractivity contribution in [1.29, 1.82) is 0 Å². The van der Waals surface area contributed by atoms with E-state index in [1.54, 1.807) is 0 Å². The Labute approximate surface area is 173 Å². The van der Waals surface area contributed by atoms with E-state index in [9.17, 15) is 4.79 Å². The SMILES string of the molecule is CCCCC(C)C(=O)NC1CC(OCCN2CCN(CC(C)CCC)CC2)C1. The van der Waals surface area contributed by atoms with Crippen LogP contribution in [-0.4, -0.2) is 73.7 Å². The minimum atomic E-state index is 0.142. The van der Waals surface area contributed by atoms with Crippen molar-refractivity contribution in [3.05, 3.63) is 0 Å². The highest BCUT2D eigenvalue weighted by atomic mass is 16.5. The maximum atomic E-state index is 12.1. The zero-order chi connectivity index (χ0) is 20.4. The normalized spacial score (nSPS) is 25.9. The molecule has 0 radical (unpaired) electrons. The van der Waals surface area contributed by atoms with Crippen LogP contribution in [0.4, 0.5) is 0 Å². The van der Waals surface area contributed by atoms with Crippen molar-refractivity contribution in [3.8, 4) is 0 Å². The minimum absolute atomic E-state index is 0.142. The lowest BCUT2D eigenvalue weighted by molar-refractivity contribution is -0.127. The molecule has 1 saturated carbocycles. The fourth-order valence-corrected chi connectivity index (χ4v) is 4.37. The predicted molar refractivity (Wildman–Crippen MR) is 117 cm³/mol. The fourth-order valence-electron chi connectivity index (χ4n) is 4.37. The highest BCUT2D eigenvalue weighted by Crippen LogP contribution is 2.24. The molecule has 1 N–H and O–H groups in total. The highest BCUT2D eigenvalue weighted by molar-refractivity contribution is 5.78. The summed E-state index contributed by atoms with van der Waals surface area (Å²) in [7, 11) is 0. The lowest BCUT2D eigenvalue weighted by Gasteiger charge is -2.38. The molecule has 1 aliphatic heterocycles. The van der Waals surface area contributed by atoms with Crippen LogP contribution in [0.5, 0.6) is 0 Å². The van der Waals surface area contributed by atoms with Gasteiger partial charge in [0.05, 0.1) is 12.7 Å². The first kappa shape index (κ1) is 23.6. The van der Waals surface area contributed by atoms with Gasteiger partial charge in [0.1, 0.15) is 0 Å². The molecule has 2 unspecified atom stereocenters. The van der Waals surface area contributed by atoms with Crippen LogP contribution in [0.1, 0.15) is 72.6 Å². The molecule has 0 aromatic heterocycles. The molecule has 0 aromatic rings. The molecular formula is C23H45N3O2. The summed E-state index contributed by atoms with van der Waals surface area (Å²) in [6.07, 6.45) is 8.23. The first-order valence-electron chi connectivity index (χ1n) is 11.9. The fraction of sp³-hybridized carbons (Fsp3) is 0.957. The Hall–Kier alpha value is -0.650. The van der Waals surface area contributed by atoms with Crippen LogP contribution in [-0.2, 0) is 9.53 Å². The van der Waals surface area contributed by atoms with E-state index in [1.165, 1.54) is 45.6 Å². The summed E-state index contributed by atoms with van der Waals surface area (Å²) in [5.74, 6) is 1.19. The van der Waals surface area contributed by atoms with Crippen LogP contribution in [0, 0.1) is 11.8 Å². The molecule has 5 heteroatoms. The van der Waals surface area contributed by atoms with Crippen molar-refractivity contribution >= 4 is 5.91 Å². The molecule has 2 rings (SSSR count). The summed E-state index contributed by atoms with van der Waals surface area (Å²) < 4.78 is 6.03. The van der Waals surface area contributed by atoms with Gasteiger partial charge in [0.25, 0.3) is 0 Å². The zero-order valence-corrected chi connectivity index (χ0v) is 18.9. The molecule has 2 aliphatic rings. The molecule has 0 bridgehead atoms. The molecule has 0 spiro atoms. The Bertz CT molecular complexity index is 432. The lowest BCUT2D eigenvalue weighted by Crippen LogP contribution is -2.50. The summed E-state index contributed by atoms with van der Waals surface area (Å²) in [5.41, 5.74) is 0. The Morgan fingerprint density at radius 1 is 1.04 bits per heavy atom. The summed E-state index contributed by atoms with van der Waals surface area (Å²) in [6, 6.07) is 0.329. The summed E-state index contributed by atoms with van der Waals surface area (Å²) in [6.45, 7) is 16.7. The number of nitrogens with zero attached hydrogens (tertiary/aromatic N) is 2. The Balaban J connectivity index is 1.48. The molecule has 5 nitrogen and oxygen atoms in total. The van der Waals surface area contributed by atoms with E-state index >= 15 is 0 Å². The molecule has 164 valence electrons. The van der Waals surface area contributed by atoms with Crippen molar-refractivity contribution in [3.63, 3.8) is 0 Å². The Kier molecular flexibility index (Phi) is 10.8. The third-order valence-corrected chi connectivity index (χ3v) is 6.46. The van der Waals surface area contributed by atoms with Gasteiger partial charge >= 0.3 is 0 Å². The quantitative estimate of drug-likeness (QED) is 0.518. The zero-order valence-electron chi connectivity index (χ0n) is 18.9. The van der Waals surface area contributed by atoms with Crippen LogP contribution >= 0.6 is 0 Å². The molecule has 1 heterocycles. The third kappa shape index (κ3) is 8.38. The number of hydrogen-bond donors (Lipinski definition) is 1. The molecular weight excluding hydrogens is 350 g/mol.